The first-order valence-electron chi connectivity index (χ1n) is 4.91. The average Bonchev–Trinajstić information content (AvgIpc) is 2.69. The van der Waals surface area contributed by atoms with E-state index in [9.17, 15) is 5.21 Å². The summed E-state index contributed by atoms with van der Waals surface area (Å²) in [6, 6.07) is 3.43. The van der Waals surface area contributed by atoms with Gasteiger partial charge in [0.2, 0.25) is 5.52 Å². The maximum absolute atomic E-state index is 11.5. The second kappa shape index (κ2) is 4.28. The van der Waals surface area contributed by atoms with Gasteiger partial charge < -0.3 is 15.0 Å². The summed E-state index contributed by atoms with van der Waals surface area (Å²) in [5.74, 6) is 0.486. The van der Waals surface area contributed by atoms with Crippen molar-refractivity contribution in [3.63, 3.8) is 0 Å². The monoisotopic (exact) mass is 236 g/mol. The summed E-state index contributed by atoms with van der Waals surface area (Å²) in [7, 11) is 5.08. The highest BCUT2D eigenvalue weighted by Crippen LogP contribution is 2.23. The standard InChI is InChI=1S/C10H12N4O3/c1-13(2)11-6-7-4-5-8(16-3)9-10(7)14(15)17-12-9/h4-6H,1-3H3/b11-6+. The van der Waals surface area contributed by atoms with Crippen molar-refractivity contribution in [3.8, 4) is 5.75 Å². The van der Waals surface area contributed by atoms with Crippen LogP contribution in [0.5, 0.6) is 5.75 Å². The van der Waals surface area contributed by atoms with E-state index in [1.54, 1.807) is 37.5 Å². The molecule has 2 aromatic rings. The number of hydrogen-bond donors (Lipinski definition) is 0. The molecule has 0 N–H and O–H groups in total. The van der Waals surface area contributed by atoms with Crippen LogP contribution < -0.4 is 9.64 Å². The fourth-order valence-corrected chi connectivity index (χ4v) is 1.42. The fourth-order valence-electron chi connectivity index (χ4n) is 1.42. The molecule has 0 spiro atoms. The lowest BCUT2D eigenvalue weighted by Crippen LogP contribution is -2.24. The van der Waals surface area contributed by atoms with Gasteiger partial charge >= 0.3 is 0 Å². The molecule has 0 atom stereocenters. The molecule has 0 amide bonds. The van der Waals surface area contributed by atoms with Gasteiger partial charge in [-0.1, -0.05) is 0 Å². The van der Waals surface area contributed by atoms with Gasteiger partial charge in [0.05, 0.1) is 24.0 Å². The van der Waals surface area contributed by atoms with E-state index in [0.29, 0.717) is 27.2 Å². The number of nitrogens with zero attached hydrogens (tertiary/aromatic N) is 4. The highest BCUT2D eigenvalue weighted by Gasteiger charge is 2.18. The van der Waals surface area contributed by atoms with Gasteiger partial charge in [0.25, 0.3) is 5.52 Å². The molecule has 0 bridgehead atoms. The van der Waals surface area contributed by atoms with E-state index in [4.69, 9.17) is 4.74 Å². The van der Waals surface area contributed by atoms with Crippen LogP contribution in [0.25, 0.3) is 11.0 Å². The third kappa shape index (κ3) is 1.99. The molecule has 7 nitrogen and oxygen atoms in total. The summed E-state index contributed by atoms with van der Waals surface area (Å²) < 4.78 is 9.65. The highest BCUT2D eigenvalue weighted by molar-refractivity contribution is 5.96. The molecule has 0 radical (unpaired) electrons. The van der Waals surface area contributed by atoms with Crippen molar-refractivity contribution in [2.24, 2.45) is 5.10 Å². The molecule has 0 saturated carbocycles. The largest absolute Gasteiger partial charge is 0.492 e. The van der Waals surface area contributed by atoms with Crippen LogP contribution in [0, 0.1) is 5.21 Å². The zero-order valence-corrected chi connectivity index (χ0v) is 9.75. The van der Waals surface area contributed by atoms with Crippen LogP contribution in [0.3, 0.4) is 0 Å². The Morgan fingerprint density at radius 2 is 2.29 bits per heavy atom. The molecule has 0 aliphatic heterocycles. The first-order chi connectivity index (χ1) is 8.13. The lowest BCUT2D eigenvalue weighted by Gasteiger charge is -2.03. The van der Waals surface area contributed by atoms with Gasteiger partial charge in [0.1, 0.15) is 0 Å². The van der Waals surface area contributed by atoms with Crippen LogP contribution in [0.2, 0.25) is 0 Å². The second-order valence-corrected chi connectivity index (χ2v) is 3.58. The summed E-state index contributed by atoms with van der Waals surface area (Å²) in [4.78, 5) is 0.342. The molecular formula is C10H12N4O3. The lowest BCUT2D eigenvalue weighted by molar-refractivity contribution is -0.782. The minimum atomic E-state index is 0.301. The Labute approximate surface area is 97.4 Å². The van der Waals surface area contributed by atoms with Crippen molar-refractivity contribution in [2.75, 3.05) is 21.2 Å². The van der Waals surface area contributed by atoms with E-state index < -0.39 is 0 Å². The van der Waals surface area contributed by atoms with Crippen molar-refractivity contribution < 1.29 is 14.3 Å². The molecular weight excluding hydrogens is 224 g/mol. The topological polar surface area (TPSA) is 77.8 Å². The third-order valence-electron chi connectivity index (χ3n) is 2.18. The second-order valence-electron chi connectivity index (χ2n) is 3.58. The Bertz CT molecular complexity index is 562. The van der Waals surface area contributed by atoms with E-state index in [1.165, 1.54) is 7.11 Å². The molecule has 0 aliphatic rings. The molecule has 2 rings (SSSR count). The molecule has 1 aromatic heterocycles. The predicted octanol–water partition coefficient (Wildman–Crippen LogP) is 0.365. The Hall–Kier alpha value is -2.31. The van der Waals surface area contributed by atoms with Crippen molar-refractivity contribution in [2.45, 2.75) is 0 Å². The van der Waals surface area contributed by atoms with Gasteiger partial charge in [-0.05, 0) is 17.0 Å². The van der Waals surface area contributed by atoms with Gasteiger partial charge in [-0.3, -0.25) is 4.63 Å². The average molecular weight is 236 g/mol. The minimum absolute atomic E-state index is 0.301. The number of fused-ring (bicyclic) bond motifs is 1. The number of ether oxygens (including phenoxy) is 1. The normalized spacial score (nSPS) is 11.2. The lowest BCUT2D eigenvalue weighted by atomic mass is 10.2. The van der Waals surface area contributed by atoms with Gasteiger partial charge in [-0.25, -0.2) is 0 Å². The summed E-state index contributed by atoms with van der Waals surface area (Å²) in [5.41, 5.74) is 1.30. The first kappa shape index (κ1) is 11.2. The third-order valence-corrected chi connectivity index (χ3v) is 2.18. The quantitative estimate of drug-likeness (QED) is 0.437. The zero-order valence-electron chi connectivity index (χ0n) is 9.75. The Kier molecular flexibility index (Phi) is 2.82. The van der Waals surface area contributed by atoms with Gasteiger partial charge in [0, 0.05) is 14.1 Å². The van der Waals surface area contributed by atoms with E-state index in [1.807, 2.05) is 0 Å². The maximum atomic E-state index is 11.5. The van der Waals surface area contributed by atoms with Crippen molar-refractivity contribution in [1.82, 2.24) is 10.2 Å². The molecule has 17 heavy (non-hydrogen) atoms. The number of rotatable bonds is 3. The number of aromatic nitrogens is 2. The van der Waals surface area contributed by atoms with Crippen LogP contribution in [0.4, 0.5) is 0 Å². The number of methoxy groups -OCH3 is 1. The first-order valence-corrected chi connectivity index (χ1v) is 4.91. The number of benzene rings is 1. The molecule has 0 fully saturated rings. The molecule has 0 aliphatic carbocycles. The van der Waals surface area contributed by atoms with Crippen LogP contribution in [0.15, 0.2) is 21.9 Å². The number of hydrazone groups is 1. The van der Waals surface area contributed by atoms with Crippen molar-refractivity contribution in [3.05, 3.63) is 22.9 Å². The summed E-state index contributed by atoms with van der Waals surface area (Å²) in [5, 5.41) is 20.8. The van der Waals surface area contributed by atoms with E-state index in [2.05, 4.69) is 14.9 Å². The molecule has 0 saturated heterocycles. The number of hydrogen-bond acceptors (Lipinski definition) is 6. The van der Waals surface area contributed by atoms with Crippen molar-refractivity contribution >= 4 is 17.2 Å². The van der Waals surface area contributed by atoms with Crippen LogP contribution >= 0.6 is 0 Å². The highest BCUT2D eigenvalue weighted by atomic mass is 16.8. The summed E-state index contributed by atoms with van der Waals surface area (Å²) in [6.45, 7) is 0. The molecule has 90 valence electrons. The SMILES string of the molecule is COc1ccc(/C=N/N(C)C)c2c1no[n+]2[O-]. The fraction of sp³-hybridized carbons (Fsp3) is 0.300. The molecule has 1 aromatic carbocycles. The smallest absolute Gasteiger partial charge is 0.290 e. The van der Waals surface area contributed by atoms with Crippen LogP contribution in [-0.4, -0.2) is 37.6 Å². The Morgan fingerprint density at radius 1 is 1.53 bits per heavy atom. The van der Waals surface area contributed by atoms with Crippen molar-refractivity contribution in [1.29, 1.82) is 0 Å². The predicted molar refractivity (Wildman–Crippen MR) is 60.8 cm³/mol. The summed E-state index contributed by atoms with van der Waals surface area (Å²) >= 11 is 0. The van der Waals surface area contributed by atoms with Gasteiger partial charge in [0.15, 0.2) is 5.75 Å². The van der Waals surface area contributed by atoms with Crippen LogP contribution in [0.1, 0.15) is 5.56 Å². The van der Waals surface area contributed by atoms with E-state index in [0.717, 1.165) is 0 Å². The molecule has 7 heteroatoms. The molecule has 0 unspecified atom stereocenters. The van der Waals surface area contributed by atoms with Gasteiger partial charge in [-0.15, -0.1) is 0 Å². The Balaban J connectivity index is 2.61. The molecule has 1 heterocycles. The van der Waals surface area contributed by atoms with E-state index in [-0.39, 0.29) is 0 Å². The van der Waals surface area contributed by atoms with Crippen LogP contribution in [-0.2, 0) is 0 Å². The van der Waals surface area contributed by atoms with Gasteiger partial charge in [-0.2, -0.15) is 5.10 Å². The summed E-state index contributed by atoms with van der Waals surface area (Å²) in [6.07, 6.45) is 1.56. The van der Waals surface area contributed by atoms with E-state index >= 15 is 0 Å². The zero-order chi connectivity index (χ0) is 12.4. The minimum Gasteiger partial charge on any atom is -0.492 e. The Morgan fingerprint density at radius 3 is 2.94 bits per heavy atom. The maximum Gasteiger partial charge on any atom is 0.290 e.